The number of nitrogens with zero attached hydrogens (tertiary/aromatic N) is 3. The van der Waals surface area contributed by atoms with Crippen molar-refractivity contribution in [3.63, 3.8) is 0 Å². The van der Waals surface area contributed by atoms with Gasteiger partial charge in [0.2, 0.25) is 5.95 Å². The van der Waals surface area contributed by atoms with Gasteiger partial charge in [-0.3, -0.25) is 0 Å². The molecule has 0 saturated heterocycles. The first kappa shape index (κ1) is 19.9. The van der Waals surface area contributed by atoms with E-state index in [1.165, 1.54) is 0 Å². The third kappa shape index (κ3) is 5.13. The predicted octanol–water partition coefficient (Wildman–Crippen LogP) is 2.95. The lowest BCUT2D eigenvalue weighted by molar-refractivity contribution is 0.235. The van der Waals surface area contributed by atoms with Crippen LogP contribution in [0.5, 0.6) is 5.75 Å². The number of aryl methyl sites for hydroxylation is 2. The van der Waals surface area contributed by atoms with Gasteiger partial charge in [0, 0.05) is 37.6 Å². The van der Waals surface area contributed by atoms with E-state index >= 15 is 0 Å². The summed E-state index contributed by atoms with van der Waals surface area (Å²) in [6.45, 7) is 3.79. The number of hydrogen-bond acceptors (Lipinski definition) is 7. The summed E-state index contributed by atoms with van der Waals surface area (Å²) in [6.07, 6.45) is 6.26. The van der Waals surface area contributed by atoms with E-state index in [-0.39, 0.29) is 6.61 Å². The third-order valence-electron chi connectivity index (χ3n) is 4.86. The molecule has 0 spiro atoms. The van der Waals surface area contributed by atoms with Crippen LogP contribution in [0.4, 0.5) is 17.5 Å². The molecule has 1 aromatic carbocycles. The molecule has 0 bridgehead atoms. The number of anilines is 3. The van der Waals surface area contributed by atoms with Crippen LogP contribution in [0.25, 0.3) is 0 Å². The molecule has 2 aromatic rings. The van der Waals surface area contributed by atoms with Gasteiger partial charge in [0.25, 0.3) is 0 Å². The van der Waals surface area contributed by atoms with E-state index in [2.05, 4.69) is 43.8 Å². The van der Waals surface area contributed by atoms with Gasteiger partial charge in [-0.05, 0) is 55.6 Å². The summed E-state index contributed by atoms with van der Waals surface area (Å²) in [5.41, 5.74) is 2.99. The van der Waals surface area contributed by atoms with Crippen LogP contribution < -0.4 is 15.4 Å². The van der Waals surface area contributed by atoms with Gasteiger partial charge in [0.15, 0.2) is 0 Å². The molecule has 3 rings (SSSR count). The Morgan fingerprint density at radius 3 is 2.89 bits per heavy atom. The minimum atomic E-state index is 0.189. The van der Waals surface area contributed by atoms with Gasteiger partial charge in [-0.2, -0.15) is 4.98 Å². The first-order valence-electron chi connectivity index (χ1n) is 9.62. The van der Waals surface area contributed by atoms with E-state index in [9.17, 15) is 0 Å². The Bertz CT molecular complexity index is 824. The Morgan fingerprint density at radius 1 is 1.29 bits per heavy atom. The van der Waals surface area contributed by atoms with E-state index in [1.54, 1.807) is 7.11 Å². The standard InChI is InChI=1S/C21H29N5O2/c1-15-12-20(22-2)25-21(23-15)24-18-6-7-19(28-3)17(13-18)5-4-16-8-9-26(14-16)10-11-27/h6-9,12-13,16,27H,4-5,10-11,14H2,1-3H3,(H2,22,23,24,25). The van der Waals surface area contributed by atoms with E-state index in [4.69, 9.17) is 9.84 Å². The quantitative estimate of drug-likeness (QED) is 0.614. The molecule has 7 heteroatoms. The smallest absolute Gasteiger partial charge is 0.229 e. The Hall–Kier alpha value is -2.80. The minimum absolute atomic E-state index is 0.189. The van der Waals surface area contributed by atoms with Crippen LogP contribution in [0, 0.1) is 12.8 Å². The van der Waals surface area contributed by atoms with Crippen LogP contribution in [-0.4, -0.2) is 53.8 Å². The van der Waals surface area contributed by atoms with Crippen LogP contribution >= 0.6 is 0 Å². The maximum atomic E-state index is 9.08. The first-order chi connectivity index (χ1) is 13.6. The number of benzene rings is 1. The lowest BCUT2D eigenvalue weighted by Gasteiger charge is -2.17. The molecule has 0 amide bonds. The first-order valence-corrected chi connectivity index (χ1v) is 9.62. The maximum absolute atomic E-state index is 9.08. The maximum Gasteiger partial charge on any atom is 0.229 e. The highest BCUT2D eigenvalue weighted by atomic mass is 16.5. The molecule has 7 nitrogen and oxygen atoms in total. The van der Waals surface area contributed by atoms with Crippen molar-refractivity contribution in [1.29, 1.82) is 0 Å². The van der Waals surface area contributed by atoms with Crippen molar-refractivity contribution in [3.05, 3.63) is 47.8 Å². The fourth-order valence-electron chi connectivity index (χ4n) is 3.42. The molecule has 28 heavy (non-hydrogen) atoms. The molecule has 1 aliphatic rings. The fraction of sp³-hybridized carbons (Fsp3) is 0.429. The van der Waals surface area contributed by atoms with Crippen molar-refractivity contribution >= 4 is 17.5 Å². The number of hydrogen-bond donors (Lipinski definition) is 3. The van der Waals surface area contributed by atoms with Crippen LogP contribution in [0.1, 0.15) is 17.7 Å². The molecule has 0 aliphatic carbocycles. The van der Waals surface area contributed by atoms with Gasteiger partial charge >= 0.3 is 0 Å². The van der Waals surface area contributed by atoms with Crippen molar-refractivity contribution in [3.8, 4) is 5.75 Å². The second-order valence-corrected chi connectivity index (χ2v) is 6.98. The van der Waals surface area contributed by atoms with E-state index in [1.807, 2.05) is 32.2 Å². The van der Waals surface area contributed by atoms with Crippen molar-refractivity contribution in [2.24, 2.45) is 5.92 Å². The molecule has 3 N–H and O–H groups in total. The molecule has 1 aliphatic heterocycles. The second kappa shape index (κ2) is 9.41. The van der Waals surface area contributed by atoms with Gasteiger partial charge in [-0.25, -0.2) is 4.98 Å². The molecule has 150 valence electrons. The van der Waals surface area contributed by atoms with Crippen LogP contribution in [0.3, 0.4) is 0 Å². The largest absolute Gasteiger partial charge is 0.496 e. The highest BCUT2D eigenvalue weighted by Crippen LogP contribution is 2.28. The van der Waals surface area contributed by atoms with Gasteiger partial charge in [0.05, 0.1) is 13.7 Å². The highest BCUT2D eigenvalue weighted by molar-refractivity contribution is 5.58. The van der Waals surface area contributed by atoms with E-state index < -0.39 is 0 Å². The minimum Gasteiger partial charge on any atom is -0.496 e. The molecular formula is C21H29N5O2. The number of nitrogens with one attached hydrogen (secondary N) is 2. The topological polar surface area (TPSA) is 82.5 Å². The lowest BCUT2D eigenvalue weighted by Crippen LogP contribution is -2.21. The summed E-state index contributed by atoms with van der Waals surface area (Å²) in [6, 6.07) is 7.97. The molecular weight excluding hydrogens is 354 g/mol. The Morgan fingerprint density at radius 2 is 2.14 bits per heavy atom. The van der Waals surface area contributed by atoms with E-state index in [0.29, 0.717) is 18.4 Å². The highest BCUT2D eigenvalue weighted by Gasteiger charge is 2.16. The zero-order chi connectivity index (χ0) is 19.9. The fourth-order valence-corrected chi connectivity index (χ4v) is 3.42. The average molecular weight is 383 g/mol. The Balaban J connectivity index is 1.68. The molecule has 1 unspecified atom stereocenters. The number of aliphatic hydroxyl groups excluding tert-OH is 1. The molecule has 0 radical (unpaired) electrons. The zero-order valence-electron chi connectivity index (χ0n) is 16.8. The summed E-state index contributed by atoms with van der Waals surface area (Å²) in [7, 11) is 3.55. The Labute approximate surface area is 166 Å². The van der Waals surface area contributed by atoms with E-state index in [0.717, 1.165) is 47.9 Å². The summed E-state index contributed by atoms with van der Waals surface area (Å²) in [5.74, 6) is 2.73. The monoisotopic (exact) mass is 383 g/mol. The third-order valence-corrected chi connectivity index (χ3v) is 4.86. The number of aromatic nitrogens is 2. The SMILES string of the molecule is CNc1cc(C)nc(Nc2ccc(OC)c(CCC3C=CN(CCO)C3)c2)n1. The van der Waals surface area contributed by atoms with Crippen LogP contribution in [-0.2, 0) is 6.42 Å². The average Bonchev–Trinajstić information content (AvgIpc) is 3.14. The van der Waals surface area contributed by atoms with Crippen molar-refractivity contribution in [2.75, 3.05) is 44.5 Å². The molecule has 0 saturated carbocycles. The molecule has 0 fully saturated rings. The molecule has 1 atom stereocenters. The lowest BCUT2D eigenvalue weighted by atomic mass is 9.99. The number of ether oxygens (including phenoxy) is 1. The summed E-state index contributed by atoms with van der Waals surface area (Å²) in [4.78, 5) is 11.1. The molecule has 1 aromatic heterocycles. The van der Waals surface area contributed by atoms with Gasteiger partial charge in [-0.15, -0.1) is 0 Å². The summed E-state index contributed by atoms with van der Waals surface area (Å²) < 4.78 is 5.55. The number of aliphatic hydroxyl groups is 1. The summed E-state index contributed by atoms with van der Waals surface area (Å²) >= 11 is 0. The second-order valence-electron chi connectivity index (χ2n) is 6.98. The van der Waals surface area contributed by atoms with Gasteiger partial charge in [-0.1, -0.05) is 6.08 Å². The van der Waals surface area contributed by atoms with Gasteiger partial charge in [0.1, 0.15) is 11.6 Å². The Kier molecular flexibility index (Phi) is 6.71. The van der Waals surface area contributed by atoms with Crippen molar-refractivity contribution < 1.29 is 9.84 Å². The van der Waals surface area contributed by atoms with Crippen molar-refractivity contribution in [1.82, 2.24) is 14.9 Å². The number of methoxy groups -OCH3 is 1. The normalized spacial score (nSPS) is 15.7. The predicted molar refractivity (Wildman–Crippen MR) is 112 cm³/mol. The number of rotatable bonds is 9. The number of β-amino-alcohol motifs (C(OH)–C–C–N with tert-alkyl or cyclic N) is 1. The molecule has 2 heterocycles. The van der Waals surface area contributed by atoms with Crippen molar-refractivity contribution in [2.45, 2.75) is 19.8 Å². The summed E-state index contributed by atoms with van der Waals surface area (Å²) in [5, 5.41) is 15.4. The zero-order valence-corrected chi connectivity index (χ0v) is 16.8. The van der Waals surface area contributed by atoms with Crippen LogP contribution in [0.2, 0.25) is 0 Å². The van der Waals surface area contributed by atoms with Crippen LogP contribution in [0.15, 0.2) is 36.5 Å². The van der Waals surface area contributed by atoms with Gasteiger partial charge < -0.3 is 25.4 Å².